The van der Waals surface area contributed by atoms with Crippen LogP contribution in [0.15, 0.2) is 60.0 Å². The second-order valence-corrected chi connectivity index (χ2v) is 6.72. The first-order chi connectivity index (χ1) is 13.0. The molecule has 0 unspecified atom stereocenters. The zero-order valence-electron chi connectivity index (χ0n) is 13.8. The quantitative estimate of drug-likeness (QED) is 0.533. The number of para-hydroxylation sites is 1. The molecule has 0 aliphatic carbocycles. The molecule has 0 bridgehead atoms. The van der Waals surface area contributed by atoms with Gasteiger partial charge in [0.2, 0.25) is 0 Å². The Kier molecular flexibility index (Phi) is 6.26. The van der Waals surface area contributed by atoms with Crippen molar-refractivity contribution in [2.75, 3.05) is 5.32 Å². The number of carbonyl (C=O) groups is 1. The summed E-state index contributed by atoms with van der Waals surface area (Å²) in [4.78, 5) is 12.8. The number of benzene rings is 2. The lowest BCUT2D eigenvalue weighted by Crippen LogP contribution is -2.10. The summed E-state index contributed by atoms with van der Waals surface area (Å²) in [5.41, 5.74) is 1.25. The van der Waals surface area contributed by atoms with Crippen molar-refractivity contribution in [1.82, 2.24) is 0 Å². The Morgan fingerprint density at radius 3 is 2.63 bits per heavy atom. The van der Waals surface area contributed by atoms with E-state index in [1.54, 1.807) is 6.07 Å². The average molecular weight is 410 g/mol. The predicted octanol–water partition coefficient (Wildman–Crippen LogP) is 5.83. The van der Waals surface area contributed by atoms with Crippen molar-refractivity contribution in [3.05, 3.63) is 75.4 Å². The summed E-state index contributed by atoms with van der Waals surface area (Å²) in [5, 5.41) is 4.49. The molecule has 1 N–H and O–H groups in total. The minimum Gasteiger partial charge on any atom is -0.489 e. The second kappa shape index (κ2) is 8.83. The van der Waals surface area contributed by atoms with Gasteiger partial charge >= 0.3 is 6.61 Å². The lowest BCUT2D eigenvalue weighted by atomic mass is 10.2. The minimum atomic E-state index is -2.97. The Bertz CT molecular complexity index is 918. The lowest BCUT2D eigenvalue weighted by Gasteiger charge is -2.09. The third-order valence-electron chi connectivity index (χ3n) is 3.43. The molecule has 27 heavy (non-hydrogen) atoms. The summed E-state index contributed by atoms with van der Waals surface area (Å²) in [6.07, 6.45) is 0. The van der Waals surface area contributed by atoms with Crippen LogP contribution in [0, 0.1) is 0 Å². The molecule has 140 valence electrons. The van der Waals surface area contributed by atoms with Crippen LogP contribution in [0.5, 0.6) is 11.5 Å². The number of nitrogens with one attached hydrogen (secondary N) is 1. The number of hydrogen-bond acceptors (Lipinski definition) is 4. The van der Waals surface area contributed by atoms with Gasteiger partial charge in [-0.05, 0) is 41.8 Å². The molecule has 0 saturated carbocycles. The average Bonchev–Trinajstić information content (AvgIpc) is 3.12. The van der Waals surface area contributed by atoms with E-state index in [0.717, 1.165) is 11.3 Å². The molecule has 3 aromatic rings. The molecule has 2 aromatic carbocycles. The maximum Gasteiger partial charge on any atom is 0.387 e. The van der Waals surface area contributed by atoms with Crippen LogP contribution in [0.1, 0.15) is 15.2 Å². The Balaban J connectivity index is 1.60. The van der Waals surface area contributed by atoms with Gasteiger partial charge in [-0.15, -0.1) is 11.3 Å². The van der Waals surface area contributed by atoms with Gasteiger partial charge in [0.05, 0.1) is 9.90 Å². The Labute approximate surface area is 163 Å². The van der Waals surface area contributed by atoms with Gasteiger partial charge in [0, 0.05) is 11.3 Å². The fourth-order valence-corrected chi connectivity index (χ4v) is 3.23. The van der Waals surface area contributed by atoms with Gasteiger partial charge in [-0.3, -0.25) is 4.79 Å². The van der Waals surface area contributed by atoms with Crippen molar-refractivity contribution in [3.8, 4) is 11.5 Å². The largest absolute Gasteiger partial charge is 0.489 e. The Hall–Kier alpha value is -2.64. The fraction of sp³-hybridized carbons (Fsp3) is 0.105. The van der Waals surface area contributed by atoms with Crippen LogP contribution < -0.4 is 14.8 Å². The minimum absolute atomic E-state index is 0.0174. The second-order valence-electron chi connectivity index (χ2n) is 5.40. The highest BCUT2D eigenvalue weighted by Crippen LogP contribution is 2.29. The molecule has 1 aromatic heterocycles. The molecule has 4 nitrogen and oxygen atoms in total. The number of hydrogen-bond donors (Lipinski definition) is 1. The number of anilines is 1. The van der Waals surface area contributed by atoms with Crippen molar-refractivity contribution in [2.24, 2.45) is 0 Å². The van der Waals surface area contributed by atoms with Crippen LogP contribution in [0.25, 0.3) is 0 Å². The van der Waals surface area contributed by atoms with Gasteiger partial charge in [0.1, 0.15) is 18.1 Å². The smallest absolute Gasteiger partial charge is 0.387 e. The van der Waals surface area contributed by atoms with Crippen molar-refractivity contribution < 1.29 is 23.0 Å². The summed E-state index contributed by atoms with van der Waals surface area (Å²) in [5.74, 6) is 0.265. The maximum atomic E-state index is 12.3. The van der Waals surface area contributed by atoms with E-state index >= 15 is 0 Å². The topological polar surface area (TPSA) is 47.6 Å². The highest BCUT2D eigenvalue weighted by molar-refractivity contribution is 7.12. The SMILES string of the molecule is O=C(Nc1ccc(OC(F)F)c(Cl)c1)c1cc(COc2ccccc2)cs1. The molecule has 0 fully saturated rings. The van der Waals surface area contributed by atoms with E-state index < -0.39 is 6.61 Å². The molecule has 1 amide bonds. The summed E-state index contributed by atoms with van der Waals surface area (Å²) in [7, 11) is 0. The first-order valence-corrected chi connectivity index (χ1v) is 9.08. The highest BCUT2D eigenvalue weighted by atomic mass is 35.5. The zero-order valence-corrected chi connectivity index (χ0v) is 15.4. The van der Waals surface area contributed by atoms with E-state index in [9.17, 15) is 13.6 Å². The van der Waals surface area contributed by atoms with E-state index in [4.69, 9.17) is 16.3 Å². The summed E-state index contributed by atoms with van der Waals surface area (Å²) < 4.78 is 34.4. The van der Waals surface area contributed by atoms with Crippen LogP contribution in [-0.2, 0) is 6.61 Å². The van der Waals surface area contributed by atoms with Crippen molar-refractivity contribution >= 4 is 34.5 Å². The number of ether oxygens (including phenoxy) is 2. The fourth-order valence-electron chi connectivity index (χ4n) is 2.22. The summed E-state index contributed by atoms with van der Waals surface area (Å²) in [6, 6.07) is 15.2. The Morgan fingerprint density at radius 2 is 1.93 bits per heavy atom. The van der Waals surface area contributed by atoms with Crippen molar-refractivity contribution in [2.45, 2.75) is 13.2 Å². The van der Waals surface area contributed by atoms with Gasteiger partial charge in [0.15, 0.2) is 0 Å². The standard InChI is InChI=1S/C19H14ClF2NO3S/c20-15-9-13(6-7-16(15)26-19(21)22)23-18(24)17-8-12(11-27-17)10-25-14-4-2-1-3-5-14/h1-9,11,19H,10H2,(H,23,24). The number of halogens is 3. The highest BCUT2D eigenvalue weighted by Gasteiger charge is 2.13. The third kappa shape index (κ3) is 5.42. The molecule has 8 heteroatoms. The molecule has 3 rings (SSSR count). The van der Waals surface area contributed by atoms with E-state index in [1.165, 1.54) is 29.5 Å². The number of thiophene rings is 1. The van der Waals surface area contributed by atoms with E-state index in [1.807, 2.05) is 35.7 Å². The van der Waals surface area contributed by atoms with E-state index in [0.29, 0.717) is 17.2 Å². The Morgan fingerprint density at radius 1 is 1.15 bits per heavy atom. The van der Waals surface area contributed by atoms with Gasteiger partial charge in [-0.1, -0.05) is 29.8 Å². The summed E-state index contributed by atoms with van der Waals surface area (Å²) >= 11 is 7.16. The van der Waals surface area contributed by atoms with Crippen LogP contribution in [0.2, 0.25) is 5.02 Å². The van der Waals surface area contributed by atoms with Gasteiger partial charge < -0.3 is 14.8 Å². The number of alkyl halides is 2. The number of rotatable bonds is 7. The monoisotopic (exact) mass is 409 g/mol. The van der Waals surface area contributed by atoms with E-state index in [2.05, 4.69) is 10.1 Å². The molecule has 0 spiro atoms. The first-order valence-electron chi connectivity index (χ1n) is 7.82. The molecule has 0 aliphatic rings. The molecule has 0 atom stereocenters. The maximum absolute atomic E-state index is 12.3. The molecular formula is C19H14ClF2NO3S. The zero-order chi connectivity index (χ0) is 19.2. The number of amides is 1. The first kappa shape index (κ1) is 19.1. The molecule has 0 aliphatic heterocycles. The van der Waals surface area contributed by atoms with Crippen LogP contribution in [0.3, 0.4) is 0 Å². The third-order valence-corrected chi connectivity index (χ3v) is 4.71. The van der Waals surface area contributed by atoms with E-state index in [-0.39, 0.29) is 16.7 Å². The van der Waals surface area contributed by atoms with Gasteiger partial charge in [0.25, 0.3) is 5.91 Å². The molecule has 1 heterocycles. The van der Waals surface area contributed by atoms with Crippen molar-refractivity contribution in [1.29, 1.82) is 0 Å². The summed E-state index contributed by atoms with van der Waals surface area (Å²) in [6.45, 7) is -2.62. The molecular weight excluding hydrogens is 396 g/mol. The van der Waals surface area contributed by atoms with Crippen molar-refractivity contribution in [3.63, 3.8) is 0 Å². The molecule has 0 saturated heterocycles. The predicted molar refractivity (Wildman–Crippen MR) is 101 cm³/mol. The van der Waals surface area contributed by atoms with Gasteiger partial charge in [-0.2, -0.15) is 8.78 Å². The normalized spacial score (nSPS) is 10.7. The van der Waals surface area contributed by atoms with Crippen LogP contribution in [0.4, 0.5) is 14.5 Å². The van der Waals surface area contributed by atoms with Gasteiger partial charge in [-0.25, -0.2) is 0 Å². The number of carbonyl (C=O) groups excluding carboxylic acids is 1. The lowest BCUT2D eigenvalue weighted by molar-refractivity contribution is -0.0497. The van der Waals surface area contributed by atoms with Crippen LogP contribution >= 0.6 is 22.9 Å². The molecule has 0 radical (unpaired) electrons. The van der Waals surface area contributed by atoms with Crippen LogP contribution in [-0.4, -0.2) is 12.5 Å².